The number of nitrogens with zero attached hydrogens (tertiary/aromatic N) is 3. The fourth-order valence-corrected chi connectivity index (χ4v) is 3.31. The summed E-state index contributed by atoms with van der Waals surface area (Å²) in [6.45, 7) is 4.58. The summed E-state index contributed by atoms with van der Waals surface area (Å²) in [6.07, 6.45) is 6.02. The Bertz CT molecular complexity index is 670. The molecule has 0 unspecified atom stereocenters. The van der Waals surface area contributed by atoms with Gasteiger partial charge in [-0.1, -0.05) is 31.4 Å². The zero-order valence-corrected chi connectivity index (χ0v) is 14.4. The molecule has 1 aliphatic rings. The van der Waals surface area contributed by atoms with Gasteiger partial charge in [-0.3, -0.25) is 0 Å². The number of rotatable bonds is 4. The summed E-state index contributed by atoms with van der Waals surface area (Å²) in [7, 11) is 0. The molecule has 0 bridgehead atoms. The van der Waals surface area contributed by atoms with E-state index in [0.29, 0.717) is 24.4 Å². The molecule has 4 nitrogen and oxygen atoms in total. The van der Waals surface area contributed by atoms with Crippen LogP contribution in [0.3, 0.4) is 0 Å². The van der Waals surface area contributed by atoms with Gasteiger partial charge < -0.3 is 10.6 Å². The van der Waals surface area contributed by atoms with Gasteiger partial charge in [-0.05, 0) is 44.4 Å². The molecule has 0 radical (unpaired) electrons. The van der Waals surface area contributed by atoms with Gasteiger partial charge in [0.1, 0.15) is 11.6 Å². The minimum atomic E-state index is -0.213. The first kappa shape index (κ1) is 16.7. The zero-order chi connectivity index (χ0) is 17.1. The molecule has 0 atom stereocenters. The lowest BCUT2D eigenvalue weighted by Gasteiger charge is -2.35. The Hall–Kier alpha value is -2.17. The second-order valence-corrected chi connectivity index (χ2v) is 6.67. The van der Waals surface area contributed by atoms with Crippen LogP contribution in [0.5, 0.6) is 0 Å². The number of aryl methyl sites for hydroxylation is 1. The Labute approximate surface area is 142 Å². The molecule has 0 saturated heterocycles. The number of aromatic nitrogens is 2. The normalized spacial score (nSPS) is 15.5. The van der Waals surface area contributed by atoms with Crippen LogP contribution in [0.2, 0.25) is 0 Å². The molecule has 2 aromatic rings. The first-order chi connectivity index (χ1) is 11.5. The van der Waals surface area contributed by atoms with E-state index < -0.39 is 0 Å². The summed E-state index contributed by atoms with van der Waals surface area (Å²) in [6, 6.07) is 7.07. The minimum absolute atomic E-state index is 0.213. The topological polar surface area (TPSA) is 55.0 Å². The van der Waals surface area contributed by atoms with Crippen molar-refractivity contribution in [1.29, 1.82) is 0 Å². The average molecular weight is 328 g/mol. The second kappa shape index (κ2) is 7.16. The maximum atomic E-state index is 13.2. The van der Waals surface area contributed by atoms with Gasteiger partial charge in [0, 0.05) is 23.8 Å². The third-order valence-corrected chi connectivity index (χ3v) is 4.95. The lowest BCUT2D eigenvalue weighted by Crippen LogP contribution is -2.38. The number of halogens is 1. The first-order valence-corrected chi connectivity index (χ1v) is 8.66. The monoisotopic (exact) mass is 328 g/mol. The summed E-state index contributed by atoms with van der Waals surface area (Å²) in [5, 5.41) is 0. The van der Waals surface area contributed by atoms with Crippen LogP contribution in [0.15, 0.2) is 24.3 Å². The molecule has 1 aliphatic carbocycles. The number of anilines is 2. The maximum Gasteiger partial charge on any atom is 0.228 e. The van der Waals surface area contributed by atoms with E-state index in [2.05, 4.69) is 14.9 Å². The number of nitrogens with two attached hydrogens (primary N) is 1. The van der Waals surface area contributed by atoms with E-state index in [1.54, 1.807) is 0 Å². The Morgan fingerprint density at radius 3 is 2.38 bits per heavy atom. The van der Waals surface area contributed by atoms with Gasteiger partial charge in [-0.25, -0.2) is 9.37 Å². The number of hydrogen-bond acceptors (Lipinski definition) is 4. The van der Waals surface area contributed by atoms with E-state index in [4.69, 9.17) is 5.73 Å². The van der Waals surface area contributed by atoms with Crippen molar-refractivity contribution in [3.05, 3.63) is 46.9 Å². The molecule has 0 amide bonds. The van der Waals surface area contributed by atoms with Crippen LogP contribution in [-0.2, 0) is 6.54 Å². The lowest BCUT2D eigenvalue weighted by atomic mass is 9.94. The fourth-order valence-electron chi connectivity index (χ4n) is 3.31. The van der Waals surface area contributed by atoms with E-state index in [9.17, 15) is 4.39 Å². The van der Waals surface area contributed by atoms with Gasteiger partial charge in [-0.15, -0.1) is 0 Å². The first-order valence-electron chi connectivity index (χ1n) is 8.66. The Kier molecular flexibility index (Phi) is 4.97. The second-order valence-electron chi connectivity index (χ2n) is 6.67. The number of nitrogen functional groups attached to an aromatic ring is 1. The van der Waals surface area contributed by atoms with Crippen LogP contribution in [-0.4, -0.2) is 16.0 Å². The SMILES string of the molecule is Cc1nc(N(Cc2ccc(F)cc2)C2CCCCC2)nc(N)c1C. The largest absolute Gasteiger partial charge is 0.383 e. The molecule has 1 aromatic carbocycles. The van der Waals surface area contributed by atoms with Crippen LogP contribution in [0, 0.1) is 19.7 Å². The average Bonchev–Trinajstić information content (AvgIpc) is 2.59. The standard InChI is InChI=1S/C19H25FN4/c1-13-14(2)22-19(23-18(13)21)24(17-6-4-3-5-7-17)12-15-8-10-16(20)11-9-15/h8-11,17H,3-7,12H2,1-2H3,(H2,21,22,23). The molecule has 1 aromatic heterocycles. The summed E-state index contributed by atoms with van der Waals surface area (Å²) in [5.74, 6) is 1.01. The Morgan fingerprint density at radius 1 is 1.08 bits per heavy atom. The van der Waals surface area contributed by atoms with E-state index in [1.165, 1.54) is 31.4 Å². The van der Waals surface area contributed by atoms with Crippen molar-refractivity contribution in [1.82, 2.24) is 9.97 Å². The quantitative estimate of drug-likeness (QED) is 0.916. The van der Waals surface area contributed by atoms with Gasteiger partial charge in [0.05, 0.1) is 0 Å². The van der Waals surface area contributed by atoms with E-state index >= 15 is 0 Å². The van der Waals surface area contributed by atoms with Gasteiger partial charge >= 0.3 is 0 Å². The van der Waals surface area contributed by atoms with E-state index in [1.807, 2.05) is 26.0 Å². The van der Waals surface area contributed by atoms with Crippen LogP contribution in [0.1, 0.15) is 48.9 Å². The van der Waals surface area contributed by atoms with Crippen molar-refractivity contribution in [2.75, 3.05) is 10.6 Å². The molecule has 5 heteroatoms. The Balaban J connectivity index is 1.93. The summed E-state index contributed by atoms with van der Waals surface area (Å²) >= 11 is 0. The molecule has 0 spiro atoms. The highest BCUT2D eigenvalue weighted by molar-refractivity contribution is 5.48. The molecular formula is C19H25FN4. The van der Waals surface area contributed by atoms with Crippen LogP contribution in [0.4, 0.5) is 16.2 Å². The zero-order valence-electron chi connectivity index (χ0n) is 14.4. The Morgan fingerprint density at radius 2 is 1.75 bits per heavy atom. The summed E-state index contributed by atoms with van der Waals surface area (Å²) in [5.41, 5.74) is 8.98. The van der Waals surface area contributed by atoms with Crippen molar-refractivity contribution < 1.29 is 4.39 Å². The molecule has 1 fully saturated rings. The molecule has 24 heavy (non-hydrogen) atoms. The van der Waals surface area contributed by atoms with Crippen LogP contribution in [0.25, 0.3) is 0 Å². The number of hydrogen-bond donors (Lipinski definition) is 1. The molecule has 3 rings (SSSR count). The van der Waals surface area contributed by atoms with E-state index in [0.717, 1.165) is 29.7 Å². The lowest BCUT2D eigenvalue weighted by molar-refractivity contribution is 0.408. The third kappa shape index (κ3) is 3.66. The highest BCUT2D eigenvalue weighted by Gasteiger charge is 2.24. The van der Waals surface area contributed by atoms with Gasteiger partial charge in [-0.2, -0.15) is 4.98 Å². The number of benzene rings is 1. The predicted molar refractivity (Wildman–Crippen MR) is 95.4 cm³/mol. The van der Waals surface area contributed by atoms with Crippen molar-refractivity contribution in [2.45, 2.75) is 58.5 Å². The van der Waals surface area contributed by atoms with Crippen molar-refractivity contribution >= 4 is 11.8 Å². The van der Waals surface area contributed by atoms with Crippen LogP contribution < -0.4 is 10.6 Å². The van der Waals surface area contributed by atoms with Gasteiger partial charge in [0.2, 0.25) is 5.95 Å². The van der Waals surface area contributed by atoms with Crippen molar-refractivity contribution in [3.8, 4) is 0 Å². The molecule has 1 heterocycles. The maximum absolute atomic E-state index is 13.2. The van der Waals surface area contributed by atoms with Crippen LogP contribution >= 0.6 is 0 Å². The third-order valence-electron chi connectivity index (χ3n) is 4.95. The highest BCUT2D eigenvalue weighted by Crippen LogP contribution is 2.28. The van der Waals surface area contributed by atoms with E-state index in [-0.39, 0.29) is 5.82 Å². The van der Waals surface area contributed by atoms with Crippen molar-refractivity contribution in [3.63, 3.8) is 0 Å². The predicted octanol–water partition coefficient (Wildman–Crippen LogP) is 4.15. The minimum Gasteiger partial charge on any atom is -0.383 e. The molecule has 1 saturated carbocycles. The van der Waals surface area contributed by atoms with Gasteiger partial charge in [0.25, 0.3) is 0 Å². The molecule has 2 N–H and O–H groups in total. The van der Waals surface area contributed by atoms with Gasteiger partial charge in [0.15, 0.2) is 0 Å². The molecular weight excluding hydrogens is 303 g/mol. The highest BCUT2D eigenvalue weighted by atomic mass is 19.1. The molecule has 128 valence electrons. The fraction of sp³-hybridized carbons (Fsp3) is 0.474. The van der Waals surface area contributed by atoms with Crippen molar-refractivity contribution in [2.24, 2.45) is 0 Å². The summed E-state index contributed by atoms with van der Waals surface area (Å²) in [4.78, 5) is 11.5. The molecule has 0 aliphatic heterocycles. The smallest absolute Gasteiger partial charge is 0.228 e. The summed E-state index contributed by atoms with van der Waals surface area (Å²) < 4.78 is 13.2.